The van der Waals surface area contributed by atoms with E-state index in [2.05, 4.69) is 140 Å². The van der Waals surface area contributed by atoms with E-state index in [4.69, 9.17) is 15.0 Å². The van der Waals surface area contributed by atoms with Crippen LogP contribution in [0.15, 0.2) is 176 Å². The molecule has 0 fully saturated rings. The first-order valence-corrected chi connectivity index (χ1v) is 17.9. The maximum Gasteiger partial charge on any atom is 0.160 e. The summed E-state index contributed by atoms with van der Waals surface area (Å²) >= 11 is 1.86. The number of rotatable bonds is 5. The zero-order valence-corrected chi connectivity index (χ0v) is 28.3. The van der Waals surface area contributed by atoms with Crippen LogP contribution in [0.5, 0.6) is 0 Å². The van der Waals surface area contributed by atoms with Gasteiger partial charge in [0.05, 0.1) is 22.6 Å². The van der Waals surface area contributed by atoms with Gasteiger partial charge in [0.15, 0.2) is 5.82 Å². The summed E-state index contributed by atoms with van der Waals surface area (Å²) in [6.07, 6.45) is 0. The molecule has 51 heavy (non-hydrogen) atoms. The van der Waals surface area contributed by atoms with Crippen LogP contribution < -0.4 is 0 Å². The molecule has 0 saturated heterocycles. The average Bonchev–Trinajstić information content (AvgIpc) is 3.61. The molecule has 238 valence electrons. The minimum absolute atomic E-state index is 0.715. The molecular formula is C47H29N3S. The first-order valence-electron chi connectivity index (χ1n) is 17.1. The average molecular weight is 668 g/mol. The van der Waals surface area contributed by atoms with Crippen molar-refractivity contribution < 1.29 is 0 Å². The summed E-state index contributed by atoms with van der Waals surface area (Å²) in [4.78, 5) is 15.4. The highest BCUT2D eigenvalue weighted by molar-refractivity contribution is 7.26. The molecule has 0 aliphatic rings. The summed E-state index contributed by atoms with van der Waals surface area (Å²) in [7, 11) is 0. The van der Waals surface area contributed by atoms with E-state index >= 15 is 0 Å². The molecule has 0 N–H and O–H groups in total. The van der Waals surface area contributed by atoms with E-state index in [0.717, 1.165) is 56.0 Å². The van der Waals surface area contributed by atoms with Crippen LogP contribution in [-0.2, 0) is 0 Å². The zero-order chi connectivity index (χ0) is 33.7. The van der Waals surface area contributed by atoms with Gasteiger partial charge in [-0.3, -0.25) is 0 Å². The van der Waals surface area contributed by atoms with Crippen LogP contribution in [0.4, 0.5) is 0 Å². The topological polar surface area (TPSA) is 38.7 Å². The number of aromatic nitrogens is 3. The zero-order valence-electron chi connectivity index (χ0n) is 27.5. The van der Waals surface area contributed by atoms with Gasteiger partial charge in [-0.2, -0.15) is 0 Å². The van der Waals surface area contributed by atoms with Crippen molar-refractivity contribution in [1.82, 2.24) is 15.0 Å². The van der Waals surface area contributed by atoms with Gasteiger partial charge in [0, 0.05) is 47.8 Å². The van der Waals surface area contributed by atoms with Crippen molar-refractivity contribution in [2.45, 2.75) is 0 Å². The predicted octanol–water partition coefficient (Wildman–Crippen LogP) is 12.9. The van der Waals surface area contributed by atoms with Gasteiger partial charge in [0.1, 0.15) is 0 Å². The monoisotopic (exact) mass is 667 g/mol. The van der Waals surface area contributed by atoms with Gasteiger partial charge in [-0.25, -0.2) is 15.0 Å². The number of pyridine rings is 1. The molecule has 0 saturated carbocycles. The lowest BCUT2D eigenvalue weighted by molar-refractivity contribution is 1.18. The van der Waals surface area contributed by atoms with Crippen LogP contribution in [0.25, 0.3) is 98.1 Å². The SMILES string of the molecule is c1ccc(-c2cc(-c3ccc(-c4cccc(-c5nc6cc7ccccc7cc6c6sc7ccccc7c56)c4)cc3)nc(-c3ccccc3)n2)cc1. The fourth-order valence-electron chi connectivity index (χ4n) is 7.11. The number of nitrogens with zero attached hydrogens (tertiary/aromatic N) is 3. The van der Waals surface area contributed by atoms with Gasteiger partial charge in [0.25, 0.3) is 0 Å². The highest BCUT2D eigenvalue weighted by Gasteiger charge is 2.17. The van der Waals surface area contributed by atoms with Gasteiger partial charge in [-0.05, 0) is 52.2 Å². The van der Waals surface area contributed by atoms with Gasteiger partial charge in [-0.1, -0.05) is 146 Å². The van der Waals surface area contributed by atoms with Gasteiger partial charge in [-0.15, -0.1) is 11.3 Å². The predicted molar refractivity (Wildman–Crippen MR) is 215 cm³/mol. The summed E-state index contributed by atoms with van der Waals surface area (Å²) in [5.74, 6) is 0.715. The lowest BCUT2D eigenvalue weighted by atomic mass is 9.97. The van der Waals surface area contributed by atoms with Crippen LogP contribution in [-0.4, -0.2) is 15.0 Å². The molecule has 0 bridgehead atoms. The Bertz CT molecular complexity index is 2840. The Morgan fingerprint density at radius 1 is 0.373 bits per heavy atom. The number of fused-ring (bicyclic) bond motifs is 6. The van der Waals surface area contributed by atoms with Gasteiger partial charge in [0.2, 0.25) is 0 Å². The minimum atomic E-state index is 0.715. The largest absolute Gasteiger partial charge is 0.247 e. The molecule has 0 atom stereocenters. The normalized spacial score (nSPS) is 11.5. The second-order valence-corrected chi connectivity index (χ2v) is 13.9. The molecule has 0 spiro atoms. The molecule has 0 amide bonds. The van der Waals surface area contributed by atoms with Crippen molar-refractivity contribution >= 4 is 53.2 Å². The molecule has 10 rings (SSSR count). The van der Waals surface area contributed by atoms with E-state index in [1.165, 1.54) is 36.3 Å². The standard InChI is InChI=1S/C47H29N3S/c1-3-12-31(13-4-1)40-29-41(50-47(49-40)33-14-5-2-6-15-33)32-24-22-30(23-25-32)34-18-11-19-37(26-34)45-44-38-20-9-10-21-43(38)51-46(44)39-27-35-16-7-8-17-36(35)28-42(39)48-45/h1-29H. The summed E-state index contributed by atoms with van der Waals surface area (Å²) in [6.45, 7) is 0. The van der Waals surface area contributed by atoms with Crippen molar-refractivity contribution in [3.05, 3.63) is 176 Å². The van der Waals surface area contributed by atoms with Crippen LogP contribution >= 0.6 is 11.3 Å². The summed E-state index contributed by atoms with van der Waals surface area (Å²) in [6, 6.07) is 61.9. The third-order valence-electron chi connectivity index (χ3n) is 9.65. The Kier molecular flexibility index (Phi) is 7.00. The van der Waals surface area contributed by atoms with E-state index < -0.39 is 0 Å². The maximum absolute atomic E-state index is 5.39. The molecule has 0 unspecified atom stereocenters. The fourth-order valence-corrected chi connectivity index (χ4v) is 8.33. The Hall–Kier alpha value is -6.49. The molecule has 3 aromatic heterocycles. The first kappa shape index (κ1) is 29.4. The van der Waals surface area contributed by atoms with Crippen LogP contribution in [0.2, 0.25) is 0 Å². The Labute approximate surface area is 299 Å². The third kappa shape index (κ3) is 5.25. The van der Waals surface area contributed by atoms with Crippen molar-refractivity contribution in [3.8, 4) is 56.3 Å². The molecule has 0 aliphatic heterocycles. The molecule has 10 aromatic rings. The summed E-state index contributed by atoms with van der Waals surface area (Å²) in [5, 5.41) is 6.11. The quantitative estimate of drug-likeness (QED) is 0.171. The first-order chi connectivity index (χ1) is 25.2. The smallest absolute Gasteiger partial charge is 0.160 e. The van der Waals surface area contributed by atoms with E-state index in [1.807, 2.05) is 47.7 Å². The van der Waals surface area contributed by atoms with E-state index in [1.54, 1.807) is 0 Å². The molecule has 7 aromatic carbocycles. The molecule has 4 heteroatoms. The van der Waals surface area contributed by atoms with Gasteiger partial charge < -0.3 is 0 Å². The van der Waals surface area contributed by atoms with Crippen molar-refractivity contribution in [3.63, 3.8) is 0 Å². The number of thiophene rings is 1. The van der Waals surface area contributed by atoms with Crippen LogP contribution in [0.1, 0.15) is 0 Å². The molecule has 3 nitrogen and oxygen atoms in total. The highest BCUT2D eigenvalue weighted by atomic mass is 32.1. The van der Waals surface area contributed by atoms with E-state index in [-0.39, 0.29) is 0 Å². The number of hydrogen-bond acceptors (Lipinski definition) is 4. The van der Waals surface area contributed by atoms with Crippen molar-refractivity contribution in [2.24, 2.45) is 0 Å². The fraction of sp³-hybridized carbons (Fsp3) is 0. The van der Waals surface area contributed by atoms with Gasteiger partial charge >= 0.3 is 0 Å². The maximum atomic E-state index is 5.39. The van der Waals surface area contributed by atoms with Crippen LogP contribution in [0, 0.1) is 0 Å². The lowest BCUT2D eigenvalue weighted by Gasteiger charge is -2.11. The summed E-state index contributed by atoms with van der Waals surface area (Å²) < 4.78 is 2.56. The second kappa shape index (κ2) is 12.1. The third-order valence-corrected chi connectivity index (χ3v) is 10.9. The Morgan fingerprint density at radius 3 is 1.73 bits per heavy atom. The molecular weight excluding hydrogens is 639 g/mol. The lowest BCUT2D eigenvalue weighted by Crippen LogP contribution is -1.95. The molecule has 0 aliphatic carbocycles. The van der Waals surface area contributed by atoms with Crippen molar-refractivity contribution in [1.29, 1.82) is 0 Å². The Morgan fingerprint density at radius 2 is 0.961 bits per heavy atom. The van der Waals surface area contributed by atoms with Crippen LogP contribution in [0.3, 0.4) is 0 Å². The minimum Gasteiger partial charge on any atom is -0.247 e. The molecule has 3 heterocycles. The summed E-state index contributed by atoms with van der Waals surface area (Å²) in [5.41, 5.74) is 10.3. The second-order valence-electron chi connectivity index (χ2n) is 12.8. The molecule has 0 radical (unpaired) electrons. The number of benzene rings is 7. The number of hydrogen-bond donors (Lipinski definition) is 0. The highest BCUT2D eigenvalue weighted by Crippen LogP contribution is 2.44. The van der Waals surface area contributed by atoms with E-state index in [9.17, 15) is 0 Å². The Balaban J connectivity index is 1.08. The van der Waals surface area contributed by atoms with Crippen molar-refractivity contribution in [2.75, 3.05) is 0 Å². The van der Waals surface area contributed by atoms with E-state index in [0.29, 0.717) is 5.82 Å².